The first-order chi connectivity index (χ1) is 7.70. The van der Waals surface area contributed by atoms with E-state index in [1.807, 2.05) is 0 Å². The minimum atomic E-state index is -0.381. The molecular formula is C11H12N2O3. The second-order valence-corrected chi connectivity index (χ2v) is 3.88. The van der Waals surface area contributed by atoms with Gasteiger partial charge in [0.2, 0.25) is 0 Å². The lowest BCUT2D eigenvalue weighted by Crippen LogP contribution is -2.17. The predicted molar refractivity (Wildman–Crippen MR) is 57.9 cm³/mol. The Bertz CT molecular complexity index is 431. The summed E-state index contributed by atoms with van der Waals surface area (Å²) >= 11 is 0. The van der Waals surface area contributed by atoms with Crippen LogP contribution in [0.1, 0.15) is 17.5 Å². The molecule has 5 nitrogen and oxygen atoms in total. The molecule has 0 unspecified atom stereocenters. The highest BCUT2D eigenvalue weighted by Crippen LogP contribution is 2.26. The van der Waals surface area contributed by atoms with E-state index >= 15 is 0 Å². The molecule has 1 heterocycles. The SMILES string of the molecule is O=CCCN1Cc2ccc([N+](=O)[O-])cc2C1. The van der Waals surface area contributed by atoms with E-state index in [-0.39, 0.29) is 10.6 Å². The molecule has 0 aromatic heterocycles. The van der Waals surface area contributed by atoms with E-state index in [4.69, 9.17) is 0 Å². The van der Waals surface area contributed by atoms with Crippen molar-refractivity contribution in [3.8, 4) is 0 Å². The Hall–Kier alpha value is -1.75. The molecule has 0 atom stereocenters. The molecule has 1 aromatic carbocycles. The van der Waals surface area contributed by atoms with Gasteiger partial charge in [0.15, 0.2) is 0 Å². The molecule has 0 spiro atoms. The van der Waals surface area contributed by atoms with E-state index in [1.54, 1.807) is 12.1 Å². The first-order valence-electron chi connectivity index (χ1n) is 5.13. The van der Waals surface area contributed by atoms with Crippen molar-refractivity contribution in [1.29, 1.82) is 0 Å². The zero-order chi connectivity index (χ0) is 11.5. The van der Waals surface area contributed by atoms with Crippen molar-refractivity contribution in [1.82, 2.24) is 4.90 Å². The minimum Gasteiger partial charge on any atom is -0.303 e. The van der Waals surface area contributed by atoms with Crippen LogP contribution < -0.4 is 0 Å². The third kappa shape index (κ3) is 2.09. The van der Waals surface area contributed by atoms with Crippen molar-refractivity contribution >= 4 is 12.0 Å². The van der Waals surface area contributed by atoms with Gasteiger partial charge in [-0.2, -0.15) is 0 Å². The number of nitro groups is 1. The average Bonchev–Trinajstić information content (AvgIpc) is 2.67. The fourth-order valence-corrected chi connectivity index (χ4v) is 1.96. The molecule has 1 aromatic rings. The highest BCUT2D eigenvalue weighted by Gasteiger charge is 2.20. The molecule has 84 valence electrons. The summed E-state index contributed by atoms with van der Waals surface area (Å²) in [4.78, 5) is 22.6. The minimum absolute atomic E-state index is 0.135. The molecule has 2 rings (SSSR count). The van der Waals surface area contributed by atoms with E-state index in [0.717, 1.165) is 24.0 Å². The first-order valence-corrected chi connectivity index (χ1v) is 5.13. The Balaban J connectivity index is 2.12. The fraction of sp³-hybridized carbons (Fsp3) is 0.364. The Morgan fingerprint density at radius 1 is 1.38 bits per heavy atom. The van der Waals surface area contributed by atoms with Crippen LogP contribution in [0.5, 0.6) is 0 Å². The third-order valence-electron chi connectivity index (χ3n) is 2.75. The first kappa shape index (κ1) is 10.8. The third-order valence-corrected chi connectivity index (χ3v) is 2.75. The Kier molecular flexibility index (Phi) is 2.96. The predicted octanol–water partition coefficient (Wildman–Crippen LogP) is 1.50. The molecule has 0 N–H and O–H groups in total. The zero-order valence-electron chi connectivity index (χ0n) is 8.76. The van der Waals surface area contributed by atoms with Crippen LogP contribution in [0.3, 0.4) is 0 Å². The zero-order valence-corrected chi connectivity index (χ0v) is 8.76. The van der Waals surface area contributed by atoms with Crippen LogP contribution in [0.25, 0.3) is 0 Å². The lowest BCUT2D eigenvalue weighted by Gasteiger charge is -2.11. The van der Waals surface area contributed by atoms with Gasteiger partial charge >= 0.3 is 0 Å². The normalized spacial score (nSPS) is 14.8. The maximum atomic E-state index is 10.6. The summed E-state index contributed by atoms with van der Waals surface area (Å²) in [5.74, 6) is 0. The second kappa shape index (κ2) is 4.40. The summed E-state index contributed by atoms with van der Waals surface area (Å²) in [5, 5.41) is 10.6. The van der Waals surface area contributed by atoms with Crippen molar-refractivity contribution in [3.05, 3.63) is 39.4 Å². The number of nitrogens with zero attached hydrogens (tertiary/aromatic N) is 2. The summed E-state index contributed by atoms with van der Waals surface area (Å²) in [6.45, 7) is 2.19. The van der Waals surface area contributed by atoms with Crippen LogP contribution in [0.2, 0.25) is 0 Å². The smallest absolute Gasteiger partial charge is 0.269 e. The molecular weight excluding hydrogens is 208 g/mol. The number of aldehydes is 1. The van der Waals surface area contributed by atoms with Crippen LogP contribution >= 0.6 is 0 Å². The van der Waals surface area contributed by atoms with Crippen molar-refractivity contribution in [3.63, 3.8) is 0 Å². The highest BCUT2D eigenvalue weighted by atomic mass is 16.6. The molecule has 1 aliphatic rings. The Morgan fingerprint density at radius 2 is 2.12 bits per heavy atom. The van der Waals surface area contributed by atoms with Crippen molar-refractivity contribution in [2.75, 3.05) is 6.54 Å². The number of hydrogen-bond donors (Lipinski definition) is 0. The standard InChI is InChI=1S/C11H12N2O3/c14-5-1-4-12-7-9-2-3-11(13(15)16)6-10(9)8-12/h2-3,5-6H,1,4,7-8H2. The molecule has 0 radical (unpaired) electrons. The highest BCUT2D eigenvalue weighted by molar-refractivity contribution is 5.49. The van der Waals surface area contributed by atoms with E-state index in [9.17, 15) is 14.9 Å². The number of nitro benzene ring substituents is 1. The molecule has 16 heavy (non-hydrogen) atoms. The lowest BCUT2D eigenvalue weighted by molar-refractivity contribution is -0.384. The van der Waals surface area contributed by atoms with Gasteiger partial charge in [-0.1, -0.05) is 6.07 Å². The molecule has 0 fully saturated rings. The maximum absolute atomic E-state index is 10.6. The number of fused-ring (bicyclic) bond motifs is 1. The monoisotopic (exact) mass is 220 g/mol. The summed E-state index contributed by atoms with van der Waals surface area (Å²) in [6.07, 6.45) is 1.40. The molecule has 0 saturated heterocycles. The van der Waals surface area contributed by atoms with Gasteiger partial charge in [-0.3, -0.25) is 15.0 Å². The van der Waals surface area contributed by atoms with Gasteiger partial charge in [0.05, 0.1) is 4.92 Å². The van der Waals surface area contributed by atoms with Gasteiger partial charge in [-0.15, -0.1) is 0 Å². The van der Waals surface area contributed by atoms with Crippen molar-refractivity contribution in [2.45, 2.75) is 19.5 Å². The topological polar surface area (TPSA) is 63.5 Å². The molecule has 0 aliphatic carbocycles. The maximum Gasteiger partial charge on any atom is 0.269 e. The van der Waals surface area contributed by atoms with E-state index in [1.165, 1.54) is 6.07 Å². The molecule has 0 saturated carbocycles. The summed E-state index contributed by atoms with van der Waals surface area (Å²) in [6, 6.07) is 4.95. The molecule has 5 heteroatoms. The quantitative estimate of drug-likeness (QED) is 0.438. The van der Waals surface area contributed by atoms with Gasteiger partial charge in [-0.05, 0) is 11.1 Å². The van der Waals surface area contributed by atoms with Crippen molar-refractivity contribution in [2.24, 2.45) is 0 Å². The Labute approximate surface area is 92.8 Å². The van der Waals surface area contributed by atoms with Gasteiger partial charge < -0.3 is 4.79 Å². The fourth-order valence-electron chi connectivity index (χ4n) is 1.96. The van der Waals surface area contributed by atoms with Crippen LogP contribution in [0.4, 0.5) is 5.69 Å². The van der Waals surface area contributed by atoms with E-state index < -0.39 is 0 Å². The van der Waals surface area contributed by atoms with Gasteiger partial charge in [0, 0.05) is 38.2 Å². The largest absolute Gasteiger partial charge is 0.303 e. The number of non-ortho nitro benzene ring substituents is 1. The van der Waals surface area contributed by atoms with Gasteiger partial charge in [-0.25, -0.2) is 0 Å². The lowest BCUT2D eigenvalue weighted by atomic mass is 10.1. The van der Waals surface area contributed by atoms with Crippen molar-refractivity contribution < 1.29 is 9.72 Å². The Morgan fingerprint density at radius 3 is 2.81 bits per heavy atom. The van der Waals surface area contributed by atoms with Crippen LogP contribution in [-0.4, -0.2) is 22.7 Å². The summed E-state index contributed by atoms with van der Waals surface area (Å²) < 4.78 is 0. The second-order valence-electron chi connectivity index (χ2n) is 3.88. The van der Waals surface area contributed by atoms with Gasteiger partial charge in [0.1, 0.15) is 6.29 Å². The van der Waals surface area contributed by atoms with E-state index in [0.29, 0.717) is 19.5 Å². The van der Waals surface area contributed by atoms with Crippen LogP contribution in [0, 0.1) is 10.1 Å². The molecule has 0 amide bonds. The van der Waals surface area contributed by atoms with E-state index in [2.05, 4.69) is 4.90 Å². The van der Waals surface area contributed by atoms with Crippen LogP contribution in [0.15, 0.2) is 18.2 Å². The number of hydrogen-bond acceptors (Lipinski definition) is 4. The number of carbonyl (C=O) groups excluding carboxylic acids is 1. The number of carbonyl (C=O) groups is 1. The molecule has 0 bridgehead atoms. The average molecular weight is 220 g/mol. The molecule has 1 aliphatic heterocycles. The van der Waals surface area contributed by atoms with Gasteiger partial charge in [0.25, 0.3) is 5.69 Å². The van der Waals surface area contributed by atoms with Crippen LogP contribution in [-0.2, 0) is 17.9 Å². The summed E-state index contributed by atoms with van der Waals surface area (Å²) in [7, 11) is 0. The number of benzene rings is 1. The summed E-state index contributed by atoms with van der Waals surface area (Å²) in [5.41, 5.74) is 2.26. The number of rotatable bonds is 4.